The van der Waals surface area contributed by atoms with Gasteiger partial charge in [-0.15, -0.1) is 11.8 Å². The maximum Gasteiger partial charge on any atom is 0.317 e. The van der Waals surface area contributed by atoms with Crippen molar-refractivity contribution in [1.29, 1.82) is 0 Å². The molecular formula is C18H18FNO4S. The lowest BCUT2D eigenvalue weighted by atomic mass is 10.2. The van der Waals surface area contributed by atoms with Crippen molar-refractivity contribution in [2.75, 3.05) is 18.2 Å². The van der Waals surface area contributed by atoms with E-state index >= 15 is 0 Å². The van der Waals surface area contributed by atoms with Crippen LogP contribution < -0.4 is 10.1 Å². The Bertz CT molecular complexity index is 753. The van der Waals surface area contributed by atoms with Gasteiger partial charge in [-0.3, -0.25) is 9.59 Å². The molecule has 0 unspecified atom stereocenters. The largest absolute Gasteiger partial charge is 0.495 e. The first-order valence-corrected chi connectivity index (χ1v) is 8.50. The molecule has 1 amide bonds. The summed E-state index contributed by atoms with van der Waals surface area (Å²) in [5.41, 5.74) is 0.485. The number of hydrogen-bond donors (Lipinski definition) is 1. The molecule has 0 spiro atoms. The molecule has 0 aliphatic carbocycles. The van der Waals surface area contributed by atoms with Gasteiger partial charge < -0.3 is 14.8 Å². The van der Waals surface area contributed by atoms with E-state index in [9.17, 15) is 14.0 Å². The van der Waals surface area contributed by atoms with Gasteiger partial charge in [-0.1, -0.05) is 24.3 Å². The first kappa shape index (κ1) is 18.8. The van der Waals surface area contributed by atoms with Gasteiger partial charge in [-0.25, -0.2) is 4.39 Å². The number of thioether (sulfide) groups is 1. The molecule has 7 heteroatoms. The number of carbonyl (C=O) groups is 2. The highest BCUT2D eigenvalue weighted by Gasteiger charge is 2.19. The third kappa shape index (κ3) is 5.49. The fourth-order valence-electron chi connectivity index (χ4n) is 1.97. The number of benzene rings is 2. The third-order valence-corrected chi connectivity index (χ3v) is 4.25. The zero-order chi connectivity index (χ0) is 18.2. The molecule has 0 aromatic heterocycles. The standard InChI is InChI=1S/C18H18FNO4S/c1-12(18(22)20-14-8-4-5-9-15(14)23-2)24-17(21)11-25-16-10-6-3-7-13(16)19/h3-10,12H,11H2,1-2H3,(H,20,22)/t12-/m1/s1. The summed E-state index contributed by atoms with van der Waals surface area (Å²) in [4.78, 5) is 24.3. The van der Waals surface area contributed by atoms with E-state index in [-0.39, 0.29) is 5.75 Å². The van der Waals surface area contributed by atoms with Crippen LogP contribution in [-0.4, -0.2) is 30.8 Å². The van der Waals surface area contributed by atoms with Gasteiger partial charge in [-0.05, 0) is 31.2 Å². The smallest absolute Gasteiger partial charge is 0.317 e. The lowest BCUT2D eigenvalue weighted by Crippen LogP contribution is -2.30. The summed E-state index contributed by atoms with van der Waals surface area (Å²) >= 11 is 1.02. The van der Waals surface area contributed by atoms with E-state index in [1.807, 2.05) is 0 Å². The Balaban J connectivity index is 1.86. The van der Waals surface area contributed by atoms with E-state index in [0.29, 0.717) is 16.3 Å². The Hall–Kier alpha value is -2.54. The number of carbonyl (C=O) groups excluding carboxylic acids is 2. The number of amides is 1. The Morgan fingerprint density at radius 1 is 1.16 bits per heavy atom. The zero-order valence-corrected chi connectivity index (χ0v) is 14.6. The van der Waals surface area contributed by atoms with Crippen LogP contribution >= 0.6 is 11.8 Å². The molecule has 1 atom stereocenters. The van der Waals surface area contributed by atoms with Gasteiger partial charge in [0.1, 0.15) is 11.6 Å². The number of hydrogen-bond acceptors (Lipinski definition) is 5. The fourth-order valence-corrected chi connectivity index (χ4v) is 2.69. The number of nitrogens with one attached hydrogen (secondary N) is 1. The van der Waals surface area contributed by atoms with Gasteiger partial charge in [-0.2, -0.15) is 0 Å². The number of ether oxygens (including phenoxy) is 2. The van der Waals surface area contributed by atoms with Crippen LogP contribution in [0.15, 0.2) is 53.4 Å². The van der Waals surface area contributed by atoms with Crippen molar-refractivity contribution < 1.29 is 23.5 Å². The second-order valence-corrected chi connectivity index (χ2v) is 6.06. The summed E-state index contributed by atoms with van der Waals surface area (Å²) in [6.07, 6.45) is -0.987. The number of esters is 1. The lowest BCUT2D eigenvalue weighted by Gasteiger charge is -2.15. The summed E-state index contributed by atoms with van der Waals surface area (Å²) in [5, 5.41) is 2.64. The Labute approximate surface area is 149 Å². The normalized spacial score (nSPS) is 11.5. The number of rotatable bonds is 7. The van der Waals surface area contributed by atoms with Gasteiger partial charge in [0.25, 0.3) is 5.91 Å². The van der Waals surface area contributed by atoms with E-state index in [2.05, 4.69) is 5.32 Å². The highest BCUT2D eigenvalue weighted by molar-refractivity contribution is 8.00. The monoisotopic (exact) mass is 363 g/mol. The molecule has 0 fully saturated rings. The number of halogens is 1. The third-order valence-electron chi connectivity index (χ3n) is 3.22. The maximum atomic E-state index is 13.5. The molecule has 2 aromatic carbocycles. The quantitative estimate of drug-likeness (QED) is 0.603. The van der Waals surface area contributed by atoms with Crippen molar-refractivity contribution >= 4 is 29.3 Å². The Morgan fingerprint density at radius 3 is 2.56 bits per heavy atom. The SMILES string of the molecule is COc1ccccc1NC(=O)[C@@H](C)OC(=O)CSc1ccccc1F. The van der Waals surface area contributed by atoms with Crippen LogP contribution in [-0.2, 0) is 14.3 Å². The summed E-state index contributed by atoms with van der Waals surface area (Å²) in [5.74, 6) is -1.07. The van der Waals surface area contributed by atoms with Gasteiger partial charge in [0.2, 0.25) is 0 Å². The van der Waals surface area contributed by atoms with Gasteiger partial charge >= 0.3 is 5.97 Å². The topological polar surface area (TPSA) is 64.6 Å². The zero-order valence-electron chi connectivity index (χ0n) is 13.8. The molecule has 0 saturated carbocycles. The molecule has 0 aliphatic heterocycles. The lowest BCUT2D eigenvalue weighted by molar-refractivity contribution is -0.150. The molecule has 2 rings (SSSR count). The van der Waals surface area contributed by atoms with Gasteiger partial charge in [0.15, 0.2) is 6.10 Å². The molecule has 0 bridgehead atoms. The first-order valence-electron chi connectivity index (χ1n) is 7.52. The Kier molecular flexibility index (Phi) is 6.82. The number of methoxy groups -OCH3 is 1. The van der Waals surface area contributed by atoms with Crippen molar-refractivity contribution in [3.63, 3.8) is 0 Å². The fraction of sp³-hybridized carbons (Fsp3) is 0.222. The molecule has 0 saturated heterocycles. The van der Waals surface area contributed by atoms with E-state index in [0.717, 1.165) is 11.8 Å². The minimum atomic E-state index is -0.987. The minimum absolute atomic E-state index is 0.0901. The van der Waals surface area contributed by atoms with Crippen LogP contribution in [0.1, 0.15) is 6.92 Å². The van der Waals surface area contributed by atoms with Crippen LogP contribution in [0.2, 0.25) is 0 Å². The second-order valence-electron chi connectivity index (χ2n) is 5.04. The van der Waals surface area contributed by atoms with Gasteiger partial charge in [0, 0.05) is 4.90 Å². The van der Waals surface area contributed by atoms with E-state index in [4.69, 9.17) is 9.47 Å². The van der Waals surface area contributed by atoms with Crippen molar-refractivity contribution in [3.8, 4) is 5.75 Å². The molecule has 2 aromatic rings. The predicted octanol–water partition coefficient (Wildman–Crippen LogP) is 3.50. The van der Waals surface area contributed by atoms with Crippen molar-refractivity contribution in [1.82, 2.24) is 0 Å². The number of para-hydroxylation sites is 2. The molecule has 0 aliphatic rings. The highest BCUT2D eigenvalue weighted by atomic mass is 32.2. The Morgan fingerprint density at radius 2 is 1.84 bits per heavy atom. The molecule has 132 valence electrons. The molecule has 0 radical (unpaired) electrons. The van der Waals surface area contributed by atoms with E-state index in [1.165, 1.54) is 20.1 Å². The predicted molar refractivity (Wildman–Crippen MR) is 94.3 cm³/mol. The van der Waals surface area contributed by atoms with Crippen LogP contribution in [0.4, 0.5) is 10.1 Å². The molecule has 25 heavy (non-hydrogen) atoms. The first-order chi connectivity index (χ1) is 12.0. The average molecular weight is 363 g/mol. The van der Waals surface area contributed by atoms with Crippen molar-refractivity contribution in [3.05, 3.63) is 54.3 Å². The van der Waals surface area contributed by atoms with E-state index in [1.54, 1.807) is 42.5 Å². The highest BCUT2D eigenvalue weighted by Crippen LogP contribution is 2.24. The van der Waals surface area contributed by atoms with Gasteiger partial charge in [0.05, 0.1) is 18.6 Å². The van der Waals surface area contributed by atoms with E-state index < -0.39 is 23.8 Å². The minimum Gasteiger partial charge on any atom is -0.495 e. The van der Waals surface area contributed by atoms with Crippen LogP contribution in [0.3, 0.4) is 0 Å². The maximum absolute atomic E-state index is 13.5. The average Bonchev–Trinajstić information content (AvgIpc) is 2.61. The summed E-state index contributed by atoms with van der Waals surface area (Å²) in [6.45, 7) is 1.47. The van der Waals surface area contributed by atoms with Crippen molar-refractivity contribution in [2.24, 2.45) is 0 Å². The molecule has 0 heterocycles. The number of anilines is 1. The molecule has 1 N–H and O–H groups in total. The van der Waals surface area contributed by atoms with Crippen LogP contribution in [0, 0.1) is 5.82 Å². The summed E-state index contributed by atoms with van der Waals surface area (Å²) in [7, 11) is 1.49. The molecular weight excluding hydrogens is 345 g/mol. The second kappa shape index (κ2) is 9.08. The molecule has 5 nitrogen and oxygen atoms in total. The van der Waals surface area contributed by atoms with Crippen LogP contribution in [0.25, 0.3) is 0 Å². The van der Waals surface area contributed by atoms with Crippen LogP contribution in [0.5, 0.6) is 5.75 Å². The van der Waals surface area contributed by atoms with Crippen molar-refractivity contribution in [2.45, 2.75) is 17.9 Å². The summed E-state index contributed by atoms with van der Waals surface area (Å²) < 4.78 is 23.7. The summed E-state index contributed by atoms with van der Waals surface area (Å²) in [6, 6.07) is 13.1.